The average Bonchev–Trinajstić information content (AvgIpc) is 3.04. The topological polar surface area (TPSA) is 83.7 Å². The quantitative estimate of drug-likeness (QED) is 0.892. The molecule has 7 heteroatoms. The first-order valence-corrected chi connectivity index (χ1v) is 8.21. The van der Waals surface area contributed by atoms with Gasteiger partial charge in [-0.05, 0) is 55.0 Å². The lowest BCUT2D eigenvalue weighted by Crippen LogP contribution is -2.42. The van der Waals surface area contributed by atoms with Crippen molar-refractivity contribution in [3.63, 3.8) is 0 Å². The van der Waals surface area contributed by atoms with Gasteiger partial charge in [0.25, 0.3) is 5.91 Å². The normalized spacial score (nSPS) is 13.7. The lowest BCUT2D eigenvalue weighted by molar-refractivity contribution is -0.127. The summed E-state index contributed by atoms with van der Waals surface area (Å²) < 4.78 is 13.2. The lowest BCUT2D eigenvalue weighted by atomic mass is 10.1. The highest BCUT2D eigenvalue weighted by atomic mass is 19.1. The summed E-state index contributed by atoms with van der Waals surface area (Å²) in [5.41, 5.74) is 6.39. The van der Waals surface area contributed by atoms with Crippen LogP contribution in [0.2, 0.25) is 0 Å². The van der Waals surface area contributed by atoms with E-state index in [1.54, 1.807) is 17.0 Å². The third-order valence-corrected chi connectivity index (χ3v) is 4.28. The molecule has 0 unspecified atom stereocenters. The van der Waals surface area contributed by atoms with Gasteiger partial charge in [0.1, 0.15) is 12.5 Å². The maximum atomic E-state index is 13.2. The second-order valence-electron chi connectivity index (χ2n) is 6.05. The van der Waals surface area contributed by atoms with Gasteiger partial charge in [0, 0.05) is 29.8 Å². The molecule has 3 rings (SSSR count). The smallest absolute Gasteiger partial charge is 0.259 e. The Balaban J connectivity index is 1.92. The Morgan fingerprint density at radius 2 is 1.65 bits per heavy atom. The molecule has 1 aliphatic heterocycles. The molecule has 1 fully saturated rings. The van der Waals surface area contributed by atoms with Crippen LogP contribution < -0.4 is 10.6 Å². The van der Waals surface area contributed by atoms with Crippen LogP contribution in [-0.4, -0.2) is 35.8 Å². The predicted octanol–water partition coefficient (Wildman–Crippen LogP) is 2.15. The molecular formula is C19H18FN3O3. The number of likely N-dealkylation sites (tertiary alicyclic amines) is 1. The van der Waals surface area contributed by atoms with Gasteiger partial charge in [-0.25, -0.2) is 4.39 Å². The Hall–Kier alpha value is -3.22. The zero-order chi connectivity index (χ0) is 18.7. The third kappa shape index (κ3) is 3.72. The van der Waals surface area contributed by atoms with Gasteiger partial charge in [0.2, 0.25) is 11.8 Å². The van der Waals surface area contributed by atoms with E-state index < -0.39 is 11.7 Å². The maximum Gasteiger partial charge on any atom is 0.259 e. The van der Waals surface area contributed by atoms with E-state index in [0.29, 0.717) is 29.8 Å². The first-order valence-electron chi connectivity index (χ1n) is 8.21. The average molecular weight is 355 g/mol. The highest BCUT2D eigenvalue weighted by Crippen LogP contribution is 2.21. The number of rotatable bonds is 5. The van der Waals surface area contributed by atoms with E-state index in [9.17, 15) is 18.8 Å². The van der Waals surface area contributed by atoms with Gasteiger partial charge in [-0.15, -0.1) is 0 Å². The Morgan fingerprint density at radius 1 is 1.04 bits per heavy atom. The summed E-state index contributed by atoms with van der Waals surface area (Å²) in [7, 11) is 0. The van der Waals surface area contributed by atoms with Crippen LogP contribution in [0.5, 0.6) is 0 Å². The van der Waals surface area contributed by atoms with Crippen LogP contribution in [0, 0.1) is 5.82 Å². The number of halogens is 1. The molecule has 2 aromatic carbocycles. The van der Waals surface area contributed by atoms with Gasteiger partial charge in [-0.1, -0.05) is 0 Å². The van der Waals surface area contributed by atoms with Crippen LogP contribution in [0.3, 0.4) is 0 Å². The van der Waals surface area contributed by atoms with Crippen molar-refractivity contribution in [2.75, 3.05) is 18.1 Å². The summed E-state index contributed by atoms with van der Waals surface area (Å²) in [4.78, 5) is 39.2. The molecule has 0 radical (unpaired) electrons. The summed E-state index contributed by atoms with van der Waals surface area (Å²) in [6.45, 7) is 0.663. The third-order valence-electron chi connectivity index (χ3n) is 4.28. The molecule has 0 spiro atoms. The summed E-state index contributed by atoms with van der Waals surface area (Å²) in [6.07, 6.45) is 1.21. The number of amides is 3. The number of anilines is 1. The maximum absolute atomic E-state index is 13.2. The van der Waals surface area contributed by atoms with Crippen LogP contribution >= 0.6 is 0 Å². The largest absolute Gasteiger partial charge is 0.366 e. The summed E-state index contributed by atoms with van der Waals surface area (Å²) >= 11 is 0. The Labute approximate surface area is 150 Å². The molecule has 2 N–H and O–H groups in total. The number of nitrogens with zero attached hydrogens (tertiary/aromatic N) is 2. The molecule has 0 saturated carbocycles. The van der Waals surface area contributed by atoms with E-state index in [-0.39, 0.29) is 18.5 Å². The molecule has 2 aromatic rings. The molecular weight excluding hydrogens is 337 g/mol. The van der Waals surface area contributed by atoms with Crippen LogP contribution in [0.4, 0.5) is 10.1 Å². The van der Waals surface area contributed by atoms with Crippen molar-refractivity contribution >= 4 is 23.4 Å². The molecule has 0 aliphatic carbocycles. The molecule has 26 heavy (non-hydrogen) atoms. The molecule has 0 bridgehead atoms. The Morgan fingerprint density at radius 3 is 2.19 bits per heavy atom. The number of hydrogen-bond donors (Lipinski definition) is 1. The van der Waals surface area contributed by atoms with Crippen molar-refractivity contribution in [3.05, 3.63) is 65.5 Å². The summed E-state index contributed by atoms with van der Waals surface area (Å²) in [6, 6.07) is 11.5. The number of primary amides is 1. The van der Waals surface area contributed by atoms with Crippen molar-refractivity contribution in [3.8, 4) is 0 Å². The fourth-order valence-corrected chi connectivity index (χ4v) is 2.84. The van der Waals surface area contributed by atoms with Crippen molar-refractivity contribution in [2.24, 2.45) is 5.73 Å². The minimum Gasteiger partial charge on any atom is -0.366 e. The molecule has 1 heterocycles. The van der Waals surface area contributed by atoms with E-state index in [0.717, 1.165) is 6.42 Å². The van der Waals surface area contributed by atoms with E-state index in [1.165, 1.54) is 41.3 Å². The summed E-state index contributed by atoms with van der Waals surface area (Å²) in [5.74, 6) is -1.39. The Kier molecular flexibility index (Phi) is 4.97. The first kappa shape index (κ1) is 17.6. The van der Waals surface area contributed by atoms with Crippen LogP contribution in [0.25, 0.3) is 0 Å². The zero-order valence-corrected chi connectivity index (χ0v) is 14.0. The molecule has 1 saturated heterocycles. The van der Waals surface area contributed by atoms with E-state index in [1.807, 2.05) is 0 Å². The zero-order valence-electron chi connectivity index (χ0n) is 14.0. The SMILES string of the molecule is NC(=O)c1ccc(N(CN2CCCC2=O)C(=O)c2ccc(F)cc2)cc1. The van der Waals surface area contributed by atoms with Gasteiger partial charge in [-0.2, -0.15) is 0 Å². The second kappa shape index (κ2) is 7.35. The van der Waals surface area contributed by atoms with Crippen LogP contribution in [0.15, 0.2) is 48.5 Å². The van der Waals surface area contributed by atoms with Gasteiger partial charge in [0.05, 0.1) is 0 Å². The van der Waals surface area contributed by atoms with Gasteiger partial charge < -0.3 is 10.6 Å². The molecule has 0 aromatic heterocycles. The second-order valence-corrected chi connectivity index (χ2v) is 6.05. The van der Waals surface area contributed by atoms with Crippen molar-refractivity contribution in [1.29, 1.82) is 0 Å². The fourth-order valence-electron chi connectivity index (χ4n) is 2.84. The molecule has 3 amide bonds. The first-order chi connectivity index (χ1) is 12.5. The van der Waals surface area contributed by atoms with Crippen LogP contribution in [0.1, 0.15) is 33.6 Å². The van der Waals surface area contributed by atoms with Crippen LogP contribution in [-0.2, 0) is 4.79 Å². The van der Waals surface area contributed by atoms with Crippen molar-refractivity contribution < 1.29 is 18.8 Å². The number of nitrogens with two attached hydrogens (primary N) is 1. The van der Waals surface area contributed by atoms with E-state index in [4.69, 9.17) is 5.73 Å². The molecule has 0 atom stereocenters. The summed E-state index contributed by atoms with van der Waals surface area (Å²) in [5, 5.41) is 0. The number of benzene rings is 2. The van der Waals surface area contributed by atoms with Gasteiger partial charge >= 0.3 is 0 Å². The lowest BCUT2D eigenvalue weighted by Gasteiger charge is -2.28. The number of hydrogen-bond acceptors (Lipinski definition) is 3. The Bertz CT molecular complexity index is 834. The minimum absolute atomic E-state index is 0.0179. The minimum atomic E-state index is -0.567. The van der Waals surface area contributed by atoms with E-state index >= 15 is 0 Å². The van der Waals surface area contributed by atoms with Crippen molar-refractivity contribution in [1.82, 2.24) is 4.90 Å². The number of carbonyl (C=O) groups excluding carboxylic acids is 3. The van der Waals surface area contributed by atoms with E-state index in [2.05, 4.69) is 0 Å². The highest BCUT2D eigenvalue weighted by Gasteiger charge is 2.26. The van der Waals surface area contributed by atoms with Gasteiger partial charge in [0.15, 0.2) is 0 Å². The standard InChI is InChI=1S/C19H18FN3O3/c20-15-7-3-14(4-8-15)19(26)23(12-22-11-1-2-17(22)24)16-9-5-13(6-10-16)18(21)25/h3-10H,1-2,11-12H2,(H2,21,25). The molecule has 134 valence electrons. The number of carbonyl (C=O) groups is 3. The molecule has 6 nitrogen and oxygen atoms in total. The van der Waals surface area contributed by atoms with Crippen molar-refractivity contribution in [2.45, 2.75) is 12.8 Å². The monoisotopic (exact) mass is 355 g/mol. The fraction of sp³-hybridized carbons (Fsp3) is 0.211. The predicted molar refractivity (Wildman–Crippen MR) is 94.0 cm³/mol. The van der Waals surface area contributed by atoms with Gasteiger partial charge in [-0.3, -0.25) is 19.3 Å². The molecule has 1 aliphatic rings. The highest BCUT2D eigenvalue weighted by molar-refractivity contribution is 6.06.